The Hall–Kier alpha value is -1.69. The van der Waals surface area contributed by atoms with Gasteiger partial charge >= 0.3 is 0 Å². The summed E-state index contributed by atoms with van der Waals surface area (Å²) in [7, 11) is -3.29. The third-order valence-corrected chi connectivity index (χ3v) is 4.07. The van der Waals surface area contributed by atoms with Crippen molar-refractivity contribution in [2.24, 2.45) is 0 Å². The van der Waals surface area contributed by atoms with Crippen LogP contribution in [-0.2, 0) is 14.6 Å². The highest BCUT2D eigenvalue weighted by Crippen LogP contribution is 2.25. The molecule has 0 spiro atoms. The molecule has 1 aromatic carbocycles. The highest BCUT2D eigenvalue weighted by atomic mass is 32.2. The number of halogens is 1. The summed E-state index contributed by atoms with van der Waals surface area (Å²) in [5.74, 6) is -1.15. The topological polar surface area (TPSA) is 54.5 Å². The molecular weight excluding hydrogens is 257 g/mol. The lowest BCUT2D eigenvalue weighted by molar-refractivity contribution is -0.116. The smallest absolute Gasteiger partial charge is 0.224 e. The molecule has 96 valence electrons. The zero-order valence-electron chi connectivity index (χ0n) is 9.71. The molecule has 1 heterocycles. The fourth-order valence-electron chi connectivity index (χ4n) is 1.95. The van der Waals surface area contributed by atoms with Gasteiger partial charge in [-0.2, -0.15) is 0 Å². The van der Waals surface area contributed by atoms with E-state index in [4.69, 9.17) is 0 Å². The summed E-state index contributed by atoms with van der Waals surface area (Å²) in [6, 6.07) is 5.15. The highest BCUT2D eigenvalue weighted by Gasteiger charge is 2.30. The van der Waals surface area contributed by atoms with Crippen LogP contribution in [0.25, 0.3) is 0 Å². The van der Waals surface area contributed by atoms with Crippen LogP contribution in [0.15, 0.2) is 35.7 Å². The van der Waals surface area contributed by atoms with Crippen LogP contribution in [0.1, 0.15) is 6.92 Å². The van der Waals surface area contributed by atoms with Crippen molar-refractivity contribution < 1.29 is 17.6 Å². The Morgan fingerprint density at radius 2 is 2.06 bits per heavy atom. The lowest BCUT2D eigenvalue weighted by Crippen LogP contribution is -2.40. The number of hydrogen-bond donors (Lipinski definition) is 0. The van der Waals surface area contributed by atoms with Crippen molar-refractivity contribution in [3.8, 4) is 0 Å². The van der Waals surface area contributed by atoms with Crippen molar-refractivity contribution >= 4 is 21.4 Å². The zero-order chi connectivity index (χ0) is 13.3. The number of amides is 1. The highest BCUT2D eigenvalue weighted by molar-refractivity contribution is 7.94. The number of carbonyl (C=O) groups excluding carboxylic acids is 1. The minimum Gasteiger partial charge on any atom is -0.302 e. The third kappa shape index (κ3) is 2.43. The fraction of sp³-hybridized carbons (Fsp3) is 0.250. The van der Waals surface area contributed by atoms with Crippen LogP contribution in [-0.4, -0.2) is 26.1 Å². The molecule has 6 heteroatoms. The molecule has 0 fully saturated rings. The molecule has 1 atom stereocenters. The largest absolute Gasteiger partial charge is 0.302 e. The van der Waals surface area contributed by atoms with Crippen LogP contribution >= 0.6 is 0 Å². The molecule has 1 aliphatic heterocycles. The van der Waals surface area contributed by atoms with Crippen LogP contribution in [0.3, 0.4) is 0 Å². The van der Waals surface area contributed by atoms with Gasteiger partial charge in [0, 0.05) is 12.3 Å². The summed E-state index contributed by atoms with van der Waals surface area (Å²) in [5, 5.41) is 1.06. The van der Waals surface area contributed by atoms with Gasteiger partial charge < -0.3 is 4.90 Å². The quantitative estimate of drug-likeness (QED) is 0.817. The first-order chi connectivity index (χ1) is 8.41. The summed E-state index contributed by atoms with van der Waals surface area (Å²) < 4.78 is 36.4. The van der Waals surface area contributed by atoms with E-state index in [0.717, 1.165) is 10.3 Å². The van der Waals surface area contributed by atoms with Crippen molar-refractivity contribution in [2.45, 2.75) is 13.0 Å². The van der Waals surface area contributed by atoms with Crippen LogP contribution in [0.5, 0.6) is 0 Å². The lowest BCUT2D eigenvalue weighted by atomic mass is 10.2. The number of hydrogen-bond acceptors (Lipinski definition) is 3. The standard InChI is InChI=1S/C12H12FNO3S/c1-9(15)14(10-6-7-18(16,17)8-10)12-5-3-2-4-11(12)13/h2-7,10H,8H2,1H3. The first-order valence-electron chi connectivity index (χ1n) is 5.36. The Bertz CT molecular complexity index is 610. The van der Waals surface area contributed by atoms with Crippen molar-refractivity contribution in [3.63, 3.8) is 0 Å². The Kier molecular flexibility index (Phi) is 3.21. The monoisotopic (exact) mass is 269 g/mol. The van der Waals surface area contributed by atoms with Crippen molar-refractivity contribution in [3.05, 3.63) is 41.6 Å². The van der Waals surface area contributed by atoms with Gasteiger partial charge in [-0.3, -0.25) is 4.79 Å². The summed E-state index contributed by atoms with van der Waals surface area (Å²) in [6.07, 6.45) is 1.41. The van der Waals surface area contributed by atoms with E-state index >= 15 is 0 Å². The molecule has 0 saturated heterocycles. The Labute approximate surface area is 105 Å². The summed E-state index contributed by atoms with van der Waals surface area (Å²) in [6.45, 7) is 1.28. The van der Waals surface area contributed by atoms with Gasteiger partial charge in [0.1, 0.15) is 5.82 Å². The average Bonchev–Trinajstić information content (AvgIpc) is 2.61. The molecule has 1 aromatic rings. The maximum atomic E-state index is 13.7. The van der Waals surface area contributed by atoms with Crippen LogP contribution in [0, 0.1) is 5.82 Å². The Morgan fingerprint density at radius 1 is 1.39 bits per heavy atom. The maximum Gasteiger partial charge on any atom is 0.224 e. The van der Waals surface area contributed by atoms with E-state index in [1.54, 1.807) is 6.07 Å². The molecule has 1 aliphatic rings. The van der Waals surface area contributed by atoms with E-state index in [1.807, 2.05) is 0 Å². The number of para-hydroxylation sites is 1. The molecular formula is C12H12FNO3S. The molecule has 0 aromatic heterocycles. The van der Waals surface area contributed by atoms with Gasteiger partial charge in [0.25, 0.3) is 0 Å². The lowest BCUT2D eigenvalue weighted by Gasteiger charge is -2.26. The van der Waals surface area contributed by atoms with E-state index < -0.39 is 27.6 Å². The predicted octanol–water partition coefficient (Wildman–Crippen LogP) is 1.49. The molecule has 18 heavy (non-hydrogen) atoms. The second-order valence-electron chi connectivity index (χ2n) is 4.07. The van der Waals surface area contributed by atoms with Gasteiger partial charge in [0.05, 0.1) is 17.5 Å². The number of carbonyl (C=O) groups is 1. The average molecular weight is 269 g/mol. The Morgan fingerprint density at radius 3 is 2.56 bits per heavy atom. The predicted molar refractivity (Wildman–Crippen MR) is 66.3 cm³/mol. The summed E-state index contributed by atoms with van der Waals surface area (Å²) >= 11 is 0. The molecule has 1 unspecified atom stereocenters. The molecule has 4 nitrogen and oxygen atoms in total. The summed E-state index contributed by atoms with van der Waals surface area (Å²) in [5.41, 5.74) is 0.0942. The number of rotatable bonds is 2. The summed E-state index contributed by atoms with van der Waals surface area (Å²) in [4.78, 5) is 12.8. The van der Waals surface area contributed by atoms with Gasteiger partial charge in [-0.05, 0) is 18.2 Å². The number of anilines is 1. The van der Waals surface area contributed by atoms with Crippen molar-refractivity contribution in [1.82, 2.24) is 0 Å². The van der Waals surface area contributed by atoms with E-state index in [2.05, 4.69) is 0 Å². The third-order valence-electron chi connectivity index (χ3n) is 2.69. The van der Waals surface area contributed by atoms with E-state index in [-0.39, 0.29) is 11.4 Å². The molecule has 0 N–H and O–H groups in total. The van der Waals surface area contributed by atoms with E-state index in [0.29, 0.717) is 0 Å². The van der Waals surface area contributed by atoms with Gasteiger partial charge in [-0.15, -0.1) is 0 Å². The first-order valence-corrected chi connectivity index (χ1v) is 7.07. The number of sulfone groups is 1. The van der Waals surface area contributed by atoms with Gasteiger partial charge in [0.2, 0.25) is 5.91 Å². The second kappa shape index (κ2) is 4.53. The molecule has 0 bridgehead atoms. The van der Waals surface area contributed by atoms with Crippen LogP contribution in [0.4, 0.5) is 10.1 Å². The maximum absolute atomic E-state index is 13.7. The molecule has 0 saturated carbocycles. The van der Waals surface area contributed by atoms with E-state index in [9.17, 15) is 17.6 Å². The first kappa shape index (κ1) is 12.8. The van der Waals surface area contributed by atoms with Crippen LogP contribution < -0.4 is 4.90 Å². The number of nitrogens with zero attached hydrogens (tertiary/aromatic N) is 1. The zero-order valence-corrected chi connectivity index (χ0v) is 10.5. The second-order valence-corrected chi connectivity index (χ2v) is 6.00. The van der Waals surface area contributed by atoms with Gasteiger partial charge in [-0.1, -0.05) is 12.1 Å². The van der Waals surface area contributed by atoms with Gasteiger partial charge in [0.15, 0.2) is 9.84 Å². The SMILES string of the molecule is CC(=O)N(c1ccccc1F)C1C=CS(=O)(=O)C1. The van der Waals surface area contributed by atoms with E-state index in [1.165, 1.54) is 31.2 Å². The van der Waals surface area contributed by atoms with Crippen molar-refractivity contribution in [2.75, 3.05) is 10.7 Å². The molecule has 1 amide bonds. The van der Waals surface area contributed by atoms with Gasteiger partial charge in [-0.25, -0.2) is 12.8 Å². The fourth-order valence-corrected chi connectivity index (χ4v) is 3.22. The Balaban J connectivity index is 2.40. The minimum absolute atomic E-state index is 0.0942. The molecule has 2 rings (SSSR count). The molecule has 0 aliphatic carbocycles. The minimum atomic E-state index is -3.29. The molecule has 0 radical (unpaired) electrons. The normalized spacial score (nSPS) is 20.9. The van der Waals surface area contributed by atoms with Crippen LogP contribution in [0.2, 0.25) is 0 Å². The van der Waals surface area contributed by atoms with Crippen molar-refractivity contribution in [1.29, 1.82) is 0 Å². The number of benzene rings is 1.